The summed E-state index contributed by atoms with van der Waals surface area (Å²) < 4.78 is 18.2. The quantitative estimate of drug-likeness (QED) is 0.691. The summed E-state index contributed by atoms with van der Waals surface area (Å²) in [7, 11) is 1.52. The van der Waals surface area contributed by atoms with Gasteiger partial charge < -0.3 is 4.74 Å². The van der Waals surface area contributed by atoms with E-state index in [-0.39, 0.29) is 6.10 Å². The Morgan fingerprint density at radius 3 is 2.46 bits per heavy atom. The molecule has 0 aliphatic rings. The van der Waals surface area contributed by atoms with Crippen molar-refractivity contribution in [2.45, 2.75) is 23.4 Å². The maximum Gasteiger partial charge on any atom is 0.176 e. The summed E-state index contributed by atoms with van der Waals surface area (Å²) in [6.45, 7) is 1.72. The average Bonchev–Trinajstić information content (AvgIpc) is 2.18. The van der Waals surface area contributed by atoms with Crippen molar-refractivity contribution in [1.29, 1.82) is 0 Å². The number of thioether (sulfide) groups is 1. The fourth-order valence-corrected chi connectivity index (χ4v) is 1.71. The smallest absolute Gasteiger partial charge is 0.176 e. The number of ether oxygens (including phenoxy) is 1. The molecule has 1 aromatic carbocycles. The number of benzene rings is 1. The first-order chi connectivity index (χ1) is 6.24. The molecule has 0 saturated carbocycles. The summed E-state index contributed by atoms with van der Waals surface area (Å²) in [6, 6.07) is 9.48. The molecule has 0 amide bonds. The van der Waals surface area contributed by atoms with E-state index in [2.05, 4.69) is 0 Å². The third-order valence-corrected chi connectivity index (χ3v) is 2.89. The highest BCUT2D eigenvalue weighted by Crippen LogP contribution is 2.26. The van der Waals surface area contributed by atoms with Crippen molar-refractivity contribution in [3.05, 3.63) is 30.3 Å². The van der Waals surface area contributed by atoms with Crippen molar-refractivity contribution in [3.63, 3.8) is 0 Å². The van der Waals surface area contributed by atoms with Gasteiger partial charge in [0.1, 0.15) is 0 Å². The largest absolute Gasteiger partial charge is 0.378 e. The predicted octanol–water partition coefficient (Wildman–Crippen LogP) is 3.11. The van der Waals surface area contributed by atoms with Crippen molar-refractivity contribution in [2.75, 3.05) is 7.11 Å². The van der Waals surface area contributed by atoms with Gasteiger partial charge in [-0.3, -0.25) is 0 Å². The molecule has 0 aromatic heterocycles. The molecule has 72 valence electrons. The lowest BCUT2D eigenvalue weighted by Gasteiger charge is -2.14. The van der Waals surface area contributed by atoms with Gasteiger partial charge in [-0.15, -0.1) is 0 Å². The summed E-state index contributed by atoms with van der Waals surface area (Å²) in [6.07, 6.45) is -0.370. The van der Waals surface area contributed by atoms with Gasteiger partial charge in [-0.2, -0.15) is 0 Å². The number of hydrogen-bond donors (Lipinski definition) is 0. The van der Waals surface area contributed by atoms with Gasteiger partial charge in [-0.1, -0.05) is 30.0 Å². The molecular weight excluding hydrogens is 187 g/mol. The highest BCUT2D eigenvalue weighted by molar-refractivity contribution is 7.99. The third kappa shape index (κ3) is 3.36. The van der Waals surface area contributed by atoms with E-state index in [9.17, 15) is 4.39 Å². The van der Waals surface area contributed by atoms with E-state index in [1.807, 2.05) is 30.3 Å². The second-order valence-corrected chi connectivity index (χ2v) is 3.88. The van der Waals surface area contributed by atoms with Crippen molar-refractivity contribution < 1.29 is 9.13 Å². The van der Waals surface area contributed by atoms with E-state index in [1.54, 1.807) is 6.92 Å². The maximum absolute atomic E-state index is 13.3. The molecule has 1 rings (SSSR count). The molecule has 0 saturated heterocycles. The molecular formula is C10H13FOS. The van der Waals surface area contributed by atoms with Crippen molar-refractivity contribution in [3.8, 4) is 0 Å². The van der Waals surface area contributed by atoms with Gasteiger partial charge in [0.05, 0.1) is 6.10 Å². The fraction of sp³-hybridized carbons (Fsp3) is 0.400. The van der Waals surface area contributed by atoms with Gasteiger partial charge in [-0.05, 0) is 19.1 Å². The lowest BCUT2D eigenvalue weighted by atomic mass is 10.4. The summed E-state index contributed by atoms with van der Waals surface area (Å²) in [5, 5.41) is 0. The van der Waals surface area contributed by atoms with Crippen LogP contribution in [0.25, 0.3) is 0 Å². The second kappa shape index (κ2) is 5.25. The normalized spacial score (nSPS) is 15.3. The van der Waals surface area contributed by atoms with Crippen LogP contribution in [0.5, 0.6) is 0 Å². The van der Waals surface area contributed by atoms with E-state index in [1.165, 1.54) is 18.9 Å². The van der Waals surface area contributed by atoms with Crippen LogP contribution in [0.3, 0.4) is 0 Å². The van der Waals surface area contributed by atoms with Crippen LogP contribution in [0.4, 0.5) is 4.39 Å². The van der Waals surface area contributed by atoms with Gasteiger partial charge in [0.25, 0.3) is 0 Å². The Morgan fingerprint density at radius 1 is 1.31 bits per heavy atom. The topological polar surface area (TPSA) is 9.23 Å². The van der Waals surface area contributed by atoms with Crippen LogP contribution >= 0.6 is 11.8 Å². The number of rotatable bonds is 4. The van der Waals surface area contributed by atoms with E-state index in [0.717, 1.165) is 4.90 Å². The van der Waals surface area contributed by atoms with Crippen molar-refractivity contribution >= 4 is 11.8 Å². The molecule has 1 aromatic rings. The SMILES string of the molecule is CO[C@H](C)[C@@H](F)Sc1ccccc1. The Balaban J connectivity index is 2.50. The summed E-state index contributed by atoms with van der Waals surface area (Å²) in [5.41, 5.74) is -1.01. The van der Waals surface area contributed by atoms with Crippen LogP contribution in [0.15, 0.2) is 35.2 Å². The van der Waals surface area contributed by atoms with Crippen LogP contribution in [-0.4, -0.2) is 18.7 Å². The second-order valence-electron chi connectivity index (χ2n) is 2.72. The first-order valence-electron chi connectivity index (χ1n) is 4.12. The van der Waals surface area contributed by atoms with Gasteiger partial charge >= 0.3 is 0 Å². The lowest BCUT2D eigenvalue weighted by Crippen LogP contribution is -2.16. The van der Waals surface area contributed by atoms with Crippen LogP contribution in [0.1, 0.15) is 6.92 Å². The van der Waals surface area contributed by atoms with E-state index in [0.29, 0.717) is 0 Å². The molecule has 3 heteroatoms. The lowest BCUT2D eigenvalue weighted by molar-refractivity contribution is 0.0812. The average molecular weight is 200 g/mol. The molecule has 0 aliphatic carbocycles. The van der Waals surface area contributed by atoms with Crippen LogP contribution in [0.2, 0.25) is 0 Å². The zero-order chi connectivity index (χ0) is 9.68. The first kappa shape index (κ1) is 10.5. The Morgan fingerprint density at radius 2 is 1.92 bits per heavy atom. The maximum atomic E-state index is 13.3. The summed E-state index contributed by atoms with van der Waals surface area (Å²) >= 11 is 1.18. The number of methoxy groups -OCH3 is 1. The van der Waals surface area contributed by atoms with Crippen molar-refractivity contribution in [2.24, 2.45) is 0 Å². The standard InChI is InChI=1S/C10H13FOS/c1-8(12-2)10(11)13-9-6-4-3-5-7-9/h3-8,10H,1-2H3/t8-,10+/m1/s1. The molecule has 0 fully saturated rings. The number of halogens is 1. The molecule has 2 atom stereocenters. The Kier molecular flexibility index (Phi) is 4.25. The van der Waals surface area contributed by atoms with Gasteiger partial charge in [0, 0.05) is 12.0 Å². The number of alkyl halides is 1. The van der Waals surface area contributed by atoms with Crippen molar-refractivity contribution in [1.82, 2.24) is 0 Å². The third-order valence-electron chi connectivity index (χ3n) is 1.73. The summed E-state index contributed by atoms with van der Waals surface area (Å²) in [4.78, 5) is 0.930. The Labute approximate surface area is 82.3 Å². The number of hydrogen-bond acceptors (Lipinski definition) is 2. The molecule has 0 bridgehead atoms. The van der Waals surface area contributed by atoms with E-state index < -0.39 is 5.50 Å². The zero-order valence-electron chi connectivity index (χ0n) is 7.74. The molecule has 0 heterocycles. The minimum atomic E-state index is -1.01. The van der Waals surface area contributed by atoms with Crippen LogP contribution in [0, 0.1) is 0 Å². The molecule has 0 N–H and O–H groups in total. The zero-order valence-corrected chi connectivity index (χ0v) is 8.55. The van der Waals surface area contributed by atoms with Crippen LogP contribution in [-0.2, 0) is 4.74 Å². The molecule has 0 aliphatic heterocycles. The van der Waals surface area contributed by atoms with Gasteiger partial charge in [-0.25, -0.2) is 4.39 Å². The predicted molar refractivity (Wildman–Crippen MR) is 53.7 cm³/mol. The molecule has 0 unspecified atom stereocenters. The van der Waals surface area contributed by atoms with Gasteiger partial charge in [0.2, 0.25) is 0 Å². The Bertz CT molecular complexity index is 240. The highest BCUT2D eigenvalue weighted by Gasteiger charge is 2.16. The highest BCUT2D eigenvalue weighted by atomic mass is 32.2. The van der Waals surface area contributed by atoms with E-state index >= 15 is 0 Å². The van der Waals surface area contributed by atoms with E-state index in [4.69, 9.17) is 4.74 Å². The molecule has 13 heavy (non-hydrogen) atoms. The molecule has 0 radical (unpaired) electrons. The van der Waals surface area contributed by atoms with Crippen LogP contribution < -0.4 is 0 Å². The first-order valence-corrected chi connectivity index (χ1v) is 5.00. The molecule has 1 nitrogen and oxygen atoms in total. The summed E-state index contributed by atoms with van der Waals surface area (Å²) in [5.74, 6) is 0. The fourth-order valence-electron chi connectivity index (χ4n) is 0.832. The molecule has 0 spiro atoms. The monoisotopic (exact) mass is 200 g/mol. The minimum Gasteiger partial charge on any atom is -0.378 e. The Hall–Kier alpha value is -0.540. The van der Waals surface area contributed by atoms with Gasteiger partial charge in [0.15, 0.2) is 5.50 Å². The minimum absolute atomic E-state index is 0.370.